The predicted octanol–water partition coefficient (Wildman–Crippen LogP) is 3.50. The van der Waals surface area contributed by atoms with E-state index in [0.717, 1.165) is 32.1 Å². The summed E-state index contributed by atoms with van der Waals surface area (Å²) in [6.45, 7) is 13.4. The maximum Gasteiger partial charge on any atom is 0.312 e. The van der Waals surface area contributed by atoms with Crippen molar-refractivity contribution in [2.75, 3.05) is 19.7 Å². The van der Waals surface area contributed by atoms with Gasteiger partial charge in [-0.15, -0.1) is 13.2 Å². The number of fused-ring (bicyclic) bond motifs is 1. The molecule has 0 aromatic rings. The molecule has 1 saturated carbocycles. The zero-order valence-electron chi connectivity index (χ0n) is 26.4. The molecule has 11 heteroatoms. The molecule has 9 atom stereocenters. The van der Waals surface area contributed by atoms with Crippen LogP contribution in [0.4, 0.5) is 0 Å². The molecule has 1 spiro atoms. The lowest BCUT2D eigenvalue weighted by molar-refractivity contribution is -0.160. The van der Waals surface area contributed by atoms with Gasteiger partial charge in [-0.25, -0.2) is 0 Å². The van der Waals surface area contributed by atoms with Crippen molar-refractivity contribution in [1.82, 2.24) is 15.1 Å². The Balaban J connectivity index is 1.67. The molecular weight excluding hydrogens is 630 g/mol. The number of nitrogens with one attached hydrogen (secondary N) is 1. The topological polar surface area (TPSA) is 125 Å². The number of amides is 3. The Morgan fingerprint density at radius 3 is 2.55 bits per heavy atom. The Labute approximate surface area is 270 Å². The molecule has 3 heterocycles. The van der Waals surface area contributed by atoms with Gasteiger partial charge in [-0.1, -0.05) is 67.6 Å². The lowest BCUT2D eigenvalue weighted by atomic mass is 9.70. The number of carbonyl (C=O) groups excluding carboxylic acids is 4. The van der Waals surface area contributed by atoms with Crippen molar-refractivity contribution in [3.8, 4) is 0 Å². The highest BCUT2D eigenvalue weighted by Crippen LogP contribution is 2.61. The molecule has 246 valence electrons. The smallest absolute Gasteiger partial charge is 0.312 e. The van der Waals surface area contributed by atoms with E-state index in [2.05, 4.69) is 34.4 Å². The summed E-state index contributed by atoms with van der Waals surface area (Å²) < 4.78 is 12.5. The second kappa shape index (κ2) is 14.9. The second-order valence-corrected chi connectivity index (χ2v) is 14.2. The number of hydrogen-bond acceptors (Lipinski definition) is 7. The van der Waals surface area contributed by atoms with E-state index in [-0.39, 0.29) is 47.7 Å². The van der Waals surface area contributed by atoms with Gasteiger partial charge in [-0.05, 0) is 38.5 Å². The van der Waals surface area contributed by atoms with Crippen molar-refractivity contribution >= 4 is 39.6 Å². The van der Waals surface area contributed by atoms with Crippen LogP contribution in [-0.4, -0.2) is 99.1 Å². The highest BCUT2D eigenvalue weighted by molar-refractivity contribution is 9.09. The maximum atomic E-state index is 14.8. The van der Waals surface area contributed by atoms with E-state index < -0.39 is 47.7 Å². The van der Waals surface area contributed by atoms with Gasteiger partial charge in [0, 0.05) is 23.8 Å². The molecule has 1 aliphatic carbocycles. The van der Waals surface area contributed by atoms with Crippen molar-refractivity contribution in [3.63, 3.8) is 0 Å². The number of carbonyl (C=O) groups is 4. The van der Waals surface area contributed by atoms with Crippen molar-refractivity contribution in [2.45, 2.75) is 119 Å². The molecule has 3 amide bonds. The van der Waals surface area contributed by atoms with E-state index in [9.17, 15) is 24.3 Å². The SMILES string of the molecule is C=CCCC(=O)NC[C@H](C)OC(=O)[C@H]1[C@@H]2O[C@@]3(CC2Br)[C@@H]1C(=O)N([C@@H](CO)[C@@H](C)CC)[C@@H]3C(=O)N(CC=C)C1CCCCC1. The van der Waals surface area contributed by atoms with Gasteiger partial charge in [0.25, 0.3) is 0 Å². The summed E-state index contributed by atoms with van der Waals surface area (Å²) in [6.07, 6.45) is 8.97. The molecule has 4 aliphatic rings. The van der Waals surface area contributed by atoms with Crippen molar-refractivity contribution in [2.24, 2.45) is 17.8 Å². The van der Waals surface area contributed by atoms with E-state index in [1.807, 2.05) is 18.7 Å². The van der Waals surface area contributed by atoms with Crippen LogP contribution in [0.1, 0.15) is 78.6 Å². The Morgan fingerprint density at radius 1 is 1.23 bits per heavy atom. The predicted molar refractivity (Wildman–Crippen MR) is 170 cm³/mol. The average Bonchev–Trinajstić information content (AvgIpc) is 3.61. The summed E-state index contributed by atoms with van der Waals surface area (Å²) in [5.41, 5.74) is -1.24. The Hall–Kier alpha value is -2.24. The molecule has 3 aliphatic heterocycles. The first kappa shape index (κ1) is 34.6. The van der Waals surface area contributed by atoms with Crippen LogP contribution in [0.15, 0.2) is 25.3 Å². The molecule has 0 aromatic heterocycles. The van der Waals surface area contributed by atoms with E-state index in [4.69, 9.17) is 9.47 Å². The largest absolute Gasteiger partial charge is 0.460 e. The number of allylic oxidation sites excluding steroid dienone is 1. The third kappa shape index (κ3) is 6.51. The Morgan fingerprint density at radius 2 is 1.93 bits per heavy atom. The molecule has 2 N–H and O–H groups in total. The highest BCUT2D eigenvalue weighted by atomic mass is 79.9. The van der Waals surface area contributed by atoms with Crippen molar-refractivity contribution in [1.29, 1.82) is 0 Å². The number of alkyl halides is 1. The van der Waals surface area contributed by atoms with E-state index in [0.29, 0.717) is 32.2 Å². The normalized spacial score (nSPS) is 31.6. The van der Waals surface area contributed by atoms with Crippen molar-refractivity contribution < 1.29 is 33.8 Å². The fraction of sp³-hybridized carbons (Fsp3) is 0.758. The Kier molecular flexibility index (Phi) is 11.7. The lowest BCUT2D eigenvalue weighted by Crippen LogP contribution is -2.61. The minimum absolute atomic E-state index is 0.0273. The van der Waals surface area contributed by atoms with Crippen LogP contribution >= 0.6 is 15.9 Å². The summed E-state index contributed by atoms with van der Waals surface area (Å²) in [5.74, 6) is -3.26. The minimum Gasteiger partial charge on any atom is -0.460 e. The van der Waals surface area contributed by atoms with Gasteiger partial charge in [0.15, 0.2) is 0 Å². The minimum atomic E-state index is -1.24. The average molecular weight is 681 g/mol. The summed E-state index contributed by atoms with van der Waals surface area (Å²) in [5, 5.41) is 13.4. The Bertz CT molecular complexity index is 1100. The number of esters is 1. The summed E-state index contributed by atoms with van der Waals surface area (Å²) >= 11 is 3.71. The molecule has 4 fully saturated rings. The first-order valence-electron chi connectivity index (χ1n) is 16.3. The maximum absolute atomic E-state index is 14.8. The number of rotatable bonds is 15. The van der Waals surface area contributed by atoms with Crippen LogP contribution in [0, 0.1) is 17.8 Å². The molecule has 0 aromatic carbocycles. The van der Waals surface area contributed by atoms with Crippen LogP contribution in [0.25, 0.3) is 0 Å². The van der Waals surface area contributed by atoms with Gasteiger partial charge >= 0.3 is 5.97 Å². The van der Waals surface area contributed by atoms with Gasteiger partial charge < -0.3 is 29.7 Å². The molecular formula is C33H50BrN3O7. The molecule has 0 radical (unpaired) electrons. The number of nitrogens with zero attached hydrogens (tertiary/aromatic N) is 2. The summed E-state index contributed by atoms with van der Waals surface area (Å²) in [4.78, 5) is 58.3. The zero-order valence-corrected chi connectivity index (χ0v) is 28.0. The number of likely N-dealkylation sites (tertiary alicyclic amines) is 1. The second-order valence-electron chi connectivity index (χ2n) is 13.0. The van der Waals surface area contributed by atoms with E-state index in [1.54, 1.807) is 24.0 Å². The summed E-state index contributed by atoms with van der Waals surface area (Å²) in [6, 6.07) is -1.58. The molecule has 1 unspecified atom stereocenters. The number of aliphatic hydroxyl groups excluding tert-OH is 1. The monoisotopic (exact) mass is 679 g/mol. The number of aliphatic hydroxyl groups is 1. The first-order valence-corrected chi connectivity index (χ1v) is 17.2. The molecule has 10 nitrogen and oxygen atoms in total. The van der Waals surface area contributed by atoms with Gasteiger partial charge in [-0.3, -0.25) is 19.2 Å². The zero-order chi connectivity index (χ0) is 32.2. The summed E-state index contributed by atoms with van der Waals surface area (Å²) in [7, 11) is 0. The fourth-order valence-corrected chi connectivity index (χ4v) is 8.74. The van der Waals surface area contributed by atoms with Gasteiger partial charge in [-0.2, -0.15) is 0 Å². The lowest BCUT2D eigenvalue weighted by Gasteiger charge is -2.43. The van der Waals surface area contributed by atoms with Crippen LogP contribution < -0.4 is 5.32 Å². The number of ether oxygens (including phenoxy) is 2. The van der Waals surface area contributed by atoms with Crippen LogP contribution in [0.5, 0.6) is 0 Å². The molecule has 3 saturated heterocycles. The van der Waals surface area contributed by atoms with Crippen LogP contribution in [0.2, 0.25) is 0 Å². The third-order valence-corrected chi connectivity index (χ3v) is 11.0. The molecule has 4 rings (SSSR count). The van der Waals surface area contributed by atoms with Gasteiger partial charge in [0.1, 0.15) is 17.7 Å². The first-order chi connectivity index (χ1) is 21.1. The van der Waals surface area contributed by atoms with E-state index >= 15 is 0 Å². The molecule has 44 heavy (non-hydrogen) atoms. The van der Waals surface area contributed by atoms with Crippen molar-refractivity contribution in [3.05, 3.63) is 25.3 Å². The molecule has 2 bridgehead atoms. The van der Waals surface area contributed by atoms with Gasteiger partial charge in [0.2, 0.25) is 17.7 Å². The quantitative estimate of drug-likeness (QED) is 0.154. The third-order valence-electron chi connectivity index (χ3n) is 10.2. The fourth-order valence-electron chi connectivity index (χ4n) is 7.79. The number of hydrogen-bond donors (Lipinski definition) is 2. The highest BCUT2D eigenvalue weighted by Gasteiger charge is 2.77. The van der Waals surface area contributed by atoms with Crippen LogP contribution in [0.3, 0.4) is 0 Å². The van der Waals surface area contributed by atoms with Crippen LogP contribution in [-0.2, 0) is 28.7 Å². The number of halogens is 1. The standard InChI is InChI=1S/C33H50BrN3O7/c1-6-9-15-25(39)35-18-21(5)43-32(42)26-27-30(40)37(24(19-38)20(4)8-3)29(33(27)17-23(34)28(26)44-33)31(41)36(16-7-2)22-13-11-10-12-14-22/h6-7,20-24,26-29,38H,1-2,8-19H2,3-5H3,(H,35,39)/t20-,21-,23?,24-,26+,27-,28+,29+,33-/m0/s1. The van der Waals surface area contributed by atoms with E-state index in [1.165, 1.54) is 0 Å². The van der Waals surface area contributed by atoms with Gasteiger partial charge in [0.05, 0.1) is 37.1 Å².